The van der Waals surface area contributed by atoms with Gasteiger partial charge in [-0.2, -0.15) is 4.98 Å². The van der Waals surface area contributed by atoms with Crippen LogP contribution >= 0.6 is 0 Å². The molecular weight excluding hydrogens is 230 g/mol. The zero-order valence-corrected chi connectivity index (χ0v) is 11.2. The van der Waals surface area contributed by atoms with Crippen LogP contribution in [0.25, 0.3) is 0 Å². The lowest BCUT2D eigenvalue weighted by molar-refractivity contribution is -0.121. The number of carbonyl (C=O) groups is 1. The van der Waals surface area contributed by atoms with Crippen LogP contribution in [0.1, 0.15) is 32.3 Å². The zero-order chi connectivity index (χ0) is 13.5. The first-order valence-corrected chi connectivity index (χ1v) is 6.21. The summed E-state index contributed by atoms with van der Waals surface area (Å²) < 4.78 is 0. The predicted octanol–water partition coefficient (Wildman–Crippen LogP) is 0.948. The summed E-state index contributed by atoms with van der Waals surface area (Å²) in [6.07, 6.45) is 4.13. The van der Waals surface area contributed by atoms with Crippen molar-refractivity contribution in [1.29, 1.82) is 0 Å². The fourth-order valence-corrected chi connectivity index (χ4v) is 1.70. The smallest absolute Gasteiger partial charge is 0.242 e. The van der Waals surface area contributed by atoms with E-state index in [1.807, 2.05) is 13.8 Å². The first-order valence-electron chi connectivity index (χ1n) is 6.21. The minimum atomic E-state index is -0.292. The maximum Gasteiger partial charge on any atom is 0.242 e. The van der Waals surface area contributed by atoms with Crippen molar-refractivity contribution in [2.45, 2.75) is 39.2 Å². The summed E-state index contributed by atoms with van der Waals surface area (Å²) in [7, 11) is 1.63. The second kappa shape index (κ2) is 6.78. The SMILES string of the molecule is CCC[C@@H](Nc1nc(N)ncc1CC)C(=O)NC. The lowest BCUT2D eigenvalue weighted by Gasteiger charge is -2.18. The monoisotopic (exact) mass is 251 g/mol. The fraction of sp³-hybridized carbons (Fsp3) is 0.583. The molecule has 0 aromatic carbocycles. The second-order valence-corrected chi connectivity index (χ2v) is 4.06. The molecule has 0 saturated carbocycles. The van der Waals surface area contributed by atoms with Crippen LogP contribution < -0.4 is 16.4 Å². The molecule has 1 atom stereocenters. The van der Waals surface area contributed by atoms with E-state index in [4.69, 9.17) is 5.73 Å². The van der Waals surface area contributed by atoms with E-state index >= 15 is 0 Å². The topological polar surface area (TPSA) is 92.9 Å². The van der Waals surface area contributed by atoms with Crippen molar-refractivity contribution in [2.24, 2.45) is 0 Å². The average Bonchev–Trinajstić information content (AvgIpc) is 2.37. The molecule has 1 heterocycles. The lowest BCUT2D eigenvalue weighted by Crippen LogP contribution is -2.38. The van der Waals surface area contributed by atoms with Crippen molar-refractivity contribution in [3.63, 3.8) is 0 Å². The number of carbonyl (C=O) groups excluding carboxylic acids is 1. The molecule has 0 spiro atoms. The fourth-order valence-electron chi connectivity index (χ4n) is 1.70. The Morgan fingerprint density at radius 3 is 2.78 bits per heavy atom. The van der Waals surface area contributed by atoms with E-state index in [9.17, 15) is 4.79 Å². The van der Waals surface area contributed by atoms with Crippen LogP contribution in [0.15, 0.2) is 6.20 Å². The molecule has 1 aromatic rings. The van der Waals surface area contributed by atoms with Gasteiger partial charge in [-0.25, -0.2) is 4.98 Å². The highest BCUT2D eigenvalue weighted by Gasteiger charge is 2.18. The minimum absolute atomic E-state index is 0.0453. The molecule has 0 aliphatic rings. The van der Waals surface area contributed by atoms with Crippen molar-refractivity contribution in [2.75, 3.05) is 18.1 Å². The number of nitrogens with zero attached hydrogens (tertiary/aromatic N) is 2. The summed E-state index contributed by atoms with van der Waals surface area (Å²) in [4.78, 5) is 19.9. The van der Waals surface area contributed by atoms with E-state index in [1.165, 1.54) is 0 Å². The number of likely N-dealkylation sites (N-methyl/N-ethyl adjacent to an activating group) is 1. The van der Waals surface area contributed by atoms with Crippen molar-refractivity contribution < 1.29 is 4.79 Å². The summed E-state index contributed by atoms with van der Waals surface area (Å²) in [6, 6.07) is -0.292. The number of hydrogen-bond donors (Lipinski definition) is 3. The normalized spacial score (nSPS) is 11.9. The number of aryl methyl sites for hydroxylation is 1. The van der Waals surface area contributed by atoms with E-state index in [1.54, 1.807) is 13.2 Å². The van der Waals surface area contributed by atoms with E-state index in [0.29, 0.717) is 5.82 Å². The molecule has 0 aliphatic carbocycles. The largest absolute Gasteiger partial charge is 0.368 e. The number of hydrogen-bond acceptors (Lipinski definition) is 5. The Balaban J connectivity index is 2.91. The Morgan fingerprint density at radius 1 is 1.50 bits per heavy atom. The van der Waals surface area contributed by atoms with E-state index in [0.717, 1.165) is 24.8 Å². The van der Waals surface area contributed by atoms with Crippen LogP contribution in [0, 0.1) is 0 Å². The molecule has 0 saturated heterocycles. The van der Waals surface area contributed by atoms with Gasteiger partial charge in [-0.3, -0.25) is 4.79 Å². The predicted molar refractivity (Wildman–Crippen MR) is 72.2 cm³/mol. The first-order chi connectivity index (χ1) is 8.62. The summed E-state index contributed by atoms with van der Waals surface area (Å²) in [5.41, 5.74) is 6.53. The molecule has 1 rings (SSSR count). The summed E-state index contributed by atoms with van der Waals surface area (Å²) in [5.74, 6) is 0.810. The van der Waals surface area contributed by atoms with Crippen LogP contribution in [0.5, 0.6) is 0 Å². The molecular formula is C12H21N5O. The quantitative estimate of drug-likeness (QED) is 0.700. The zero-order valence-electron chi connectivity index (χ0n) is 11.2. The molecule has 6 nitrogen and oxygen atoms in total. The molecule has 0 fully saturated rings. The first kappa shape index (κ1) is 14.2. The molecule has 0 radical (unpaired) electrons. The van der Waals surface area contributed by atoms with Gasteiger partial charge in [0, 0.05) is 18.8 Å². The number of nitrogen functional groups attached to an aromatic ring is 1. The van der Waals surface area contributed by atoms with Gasteiger partial charge in [0.25, 0.3) is 0 Å². The third-order valence-corrected chi connectivity index (χ3v) is 2.72. The molecule has 0 aliphatic heterocycles. The van der Waals surface area contributed by atoms with Crippen LogP contribution in [-0.2, 0) is 11.2 Å². The molecule has 0 bridgehead atoms. The Kier molecular flexibility index (Phi) is 5.35. The molecule has 4 N–H and O–H groups in total. The molecule has 1 aromatic heterocycles. The van der Waals surface area contributed by atoms with Gasteiger partial charge in [0.15, 0.2) is 0 Å². The Morgan fingerprint density at radius 2 is 2.22 bits per heavy atom. The molecule has 6 heteroatoms. The number of nitrogens with one attached hydrogen (secondary N) is 2. The van der Waals surface area contributed by atoms with Crippen LogP contribution in [0.3, 0.4) is 0 Å². The number of rotatable bonds is 6. The highest BCUT2D eigenvalue weighted by Crippen LogP contribution is 2.15. The second-order valence-electron chi connectivity index (χ2n) is 4.06. The van der Waals surface area contributed by atoms with Gasteiger partial charge < -0.3 is 16.4 Å². The maximum atomic E-state index is 11.7. The van der Waals surface area contributed by atoms with Crippen molar-refractivity contribution in [3.8, 4) is 0 Å². The minimum Gasteiger partial charge on any atom is -0.368 e. The Labute approximate surface area is 107 Å². The number of aromatic nitrogens is 2. The van der Waals surface area contributed by atoms with Crippen LogP contribution in [-0.4, -0.2) is 29.0 Å². The summed E-state index contributed by atoms with van der Waals surface area (Å²) in [6.45, 7) is 4.04. The van der Waals surface area contributed by atoms with Gasteiger partial charge in [-0.1, -0.05) is 20.3 Å². The van der Waals surface area contributed by atoms with Gasteiger partial charge >= 0.3 is 0 Å². The lowest BCUT2D eigenvalue weighted by atomic mass is 10.1. The highest BCUT2D eigenvalue weighted by molar-refractivity contribution is 5.84. The summed E-state index contributed by atoms with van der Waals surface area (Å²) >= 11 is 0. The number of anilines is 2. The van der Waals surface area contributed by atoms with Gasteiger partial charge in [-0.15, -0.1) is 0 Å². The Bertz CT molecular complexity index is 407. The molecule has 1 amide bonds. The number of nitrogens with two attached hydrogens (primary N) is 1. The van der Waals surface area contributed by atoms with Gasteiger partial charge in [0.2, 0.25) is 11.9 Å². The molecule has 18 heavy (non-hydrogen) atoms. The molecule has 100 valence electrons. The highest BCUT2D eigenvalue weighted by atomic mass is 16.2. The molecule has 0 unspecified atom stereocenters. The van der Waals surface area contributed by atoms with E-state index < -0.39 is 0 Å². The van der Waals surface area contributed by atoms with Crippen molar-refractivity contribution >= 4 is 17.7 Å². The van der Waals surface area contributed by atoms with Crippen molar-refractivity contribution in [1.82, 2.24) is 15.3 Å². The van der Waals surface area contributed by atoms with E-state index in [2.05, 4.69) is 20.6 Å². The van der Waals surface area contributed by atoms with Gasteiger partial charge in [-0.05, 0) is 12.8 Å². The third kappa shape index (κ3) is 3.58. The van der Waals surface area contributed by atoms with Gasteiger partial charge in [0.1, 0.15) is 11.9 Å². The van der Waals surface area contributed by atoms with Crippen LogP contribution in [0.4, 0.5) is 11.8 Å². The van der Waals surface area contributed by atoms with Crippen LogP contribution in [0.2, 0.25) is 0 Å². The standard InChI is InChI=1S/C12H21N5O/c1-4-6-9(11(18)14-3)16-10-8(5-2)7-15-12(13)17-10/h7,9H,4-6H2,1-3H3,(H,14,18)(H3,13,15,16,17)/t9-/m1/s1. The third-order valence-electron chi connectivity index (χ3n) is 2.72. The number of amides is 1. The maximum absolute atomic E-state index is 11.7. The summed E-state index contributed by atoms with van der Waals surface area (Å²) in [5, 5.41) is 5.79. The van der Waals surface area contributed by atoms with E-state index in [-0.39, 0.29) is 17.9 Å². The average molecular weight is 251 g/mol. The van der Waals surface area contributed by atoms with Crippen molar-refractivity contribution in [3.05, 3.63) is 11.8 Å². The van der Waals surface area contributed by atoms with Gasteiger partial charge in [0.05, 0.1) is 0 Å². The Hall–Kier alpha value is -1.85.